The Morgan fingerprint density at radius 3 is 2.74 bits per heavy atom. The second-order valence-electron chi connectivity index (χ2n) is 4.07. The molecule has 0 atom stereocenters. The van der Waals surface area contributed by atoms with E-state index in [2.05, 4.69) is 10.1 Å². The lowest BCUT2D eigenvalue weighted by Gasteiger charge is -2.08. The van der Waals surface area contributed by atoms with Gasteiger partial charge in [-0.2, -0.15) is 5.10 Å². The van der Waals surface area contributed by atoms with E-state index in [0.29, 0.717) is 23.3 Å². The number of aryl methyl sites for hydroxylation is 2. The lowest BCUT2D eigenvalue weighted by Crippen LogP contribution is -2.06. The average molecular weight is 300 g/mol. The van der Waals surface area contributed by atoms with Crippen LogP contribution in [0.25, 0.3) is 0 Å². The van der Waals surface area contributed by atoms with E-state index in [4.69, 9.17) is 27.9 Å². The summed E-state index contributed by atoms with van der Waals surface area (Å²) in [5.74, 6) is 1.08. The van der Waals surface area contributed by atoms with Crippen LogP contribution in [0.4, 0.5) is 0 Å². The van der Waals surface area contributed by atoms with Crippen LogP contribution in [0, 0.1) is 6.92 Å². The van der Waals surface area contributed by atoms with Gasteiger partial charge in [0.05, 0.1) is 34.2 Å². The zero-order valence-electron chi connectivity index (χ0n) is 10.9. The van der Waals surface area contributed by atoms with Crippen molar-refractivity contribution >= 4 is 23.2 Å². The minimum absolute atomic E-state index is 0.370. The fourth-order valence-electron chi connectivity index (χ4n) is 1.73. The minimum atomic E-state index is 0.370. The summed E-state index contributed by atoms with van der Waals surface area (Å²) in [5, 5.41) is 5.00. The van der Waals surface area contributed by atoms with Crippen LogP contribution in [0.5, 0.6) is 5.75 Å². The fraction of sp³-hybridized carbons (Fsp3) is 0.385. The van der Waals surface area contributed by atoms with Crippen LogP contribution in [0.3, 0.4) is 0 Å². The first-order valence-electron chi connectivity index (χ1n) is 6.01. The number of ether oxygens (including phenoxy) is 1. The topological polar surface area (TPSA) is 39.9 Å². The predicted octanol–water partition coefficient (Wildman–Crippen LogP) is 3.58. The highest BCUT2D eigenvalue weighted by Gasteiger charge is 2.13. The number of halogens is 2. The van der Waals surface area contributed by atoms with Crippen molar-refractivity contribution in [3.05, 3.63) is 40.4 Å². The maximum Gasteiger partial charge on any atom is 0.138 e. The van der Waals surface area contributed by atoms with Gasteiger partial charge in [-0.1, -0.05) is 11.6 Å². The first-order chi connectivity index (χ1) is 9.15. The number of nitrogens with zero attached hydrogens (tertiary/aromatic N) is 3. The van der Waals surface area contributed by atoms with Gasteiger partial charge in [-0.3, -0.25) is 9.67 Å². The number of rotatable bonds is 5. The van der Waals surface area contributed by atoms with E-state index in [1.807, 2.05) is 30.7 Å². The normalized spacial score (nSPS) is 10.7. The van der Waals surface area contributed by atoms with Gasteiger partial charge in [0.25, 0.3) is 0 Å². The van der Waals surface area contributed by atoms with Crippen LogP contribution in [-0.4, -0.2) is 14.8 Å². The molecule has 0 aliphatic carbocycles. The van der Waals surface area contributed by atoms with Crippen molar-refractivity contribution in [1.82, 2.24) is 14.8 Å². The molecule has 0 amide bonds. The largest absolute Gasteiger partial charge is 0.486 e. The van der Waals surface area contributed by atoms with Crippen LogP contribution in [-0.2, 0) is 19.0 Å². The molecule has 0 radical (unpaired) electrons. The fourth-order valence-corrected chi connectivity index (χ4v) is 2.08. The number of alkyl halides is 1. The van der Waals surface area contributed by atoms with Gasteiger partial charge >= 0.3 is 0 Å². The third-order valence-electron chi connectivity index (χ3n) is 2.76. The molecular weight excluding hydrogens is 285 g/mol. The Morgan fingerprint density at radius 1 is 1.37 bits per heavy atom. The van der Waals surface area contributed by atoms with E-state index in [9.17, 15) is 0 Å². The second kappa shape index (κ2) is 6.26. The molecule has 0 unspecified atom stereocenters. The van der Waals surface area contributed by atoms with Gasteiger partial charge in [-0.15, -0.1) is 11.6 Å². The van der Waals surface area contributed by atoms with Crippen molar-refractivity contribution in [3.63, 3.8) is 0 Å². The number of pyridine rings is 1. The van der Waals surface area contributed by atoms with Crippen molar-refractivity contribution in [2.45, 2.75) is 32.9 Å². The number of hydrogen-bond donors (Lipinski definition) is 0. The first kappa shape index (κ1) is 14.2. The van der Waals surface area contributed by atoms with Crippen molar-refractivity contribution in [1.29, 1.82) is 0 Å². The maximum atomic E-state index is 6.21. The molecule has 0 saturated carbocycles. The molecule has 0 aliphatic heterocycles. The summed E-state index contributed by atoms with van der Waals surface area (Å²) in [6.07, 6.45) is 1.66. The summed E-state index contributed by atoms with van der Waals surface area (Å²) >= 11 is 11.9. The number of aromatic nitrogens is 3. The molecule has 0 saturated heterocycles. The SMILES string of the molecule is CCn1nc(C)c(Cl)c1COc1ccc(CCl)nc1. The molecule has 0 aliphatic rings. The van der Waals surface area contributed by atoms with Crippen LogP contribution >= 0.6 is 23.2 Å². The summed E-state index contributed by atoms with van der Waals surface area (Å²) < 4.78 is 7.52. The highest BCUT2D eigenvalue weighted by molar-refractivity contribution is 6.31. The van der Waals surface area contributed by atoms with Crippen LogP contribution in [0.15, 0.2) is 18.3 Å². The van der Waals surface area contributed by atoms with Crippen molar-refractivity contribution in [2.24, 2.45) is 0 Å². The van der Waals surface area contributed by atoms with Crippen molar-refractivity contribution < 1.29 is 4.74 Å². The molecule has 0 aromatic carbocycles. The lowest BCUT2D eigenvalue weighted by molar-refractivity contribution is 0.291. The van der Waals surface area contributed by atoms with Gasteiger partial charge in [-0.05, 0) is 26.0 Å². The first-order valence-corrected chi connectivity index (χ1v) is 6.92. The molecule has 2 aromatic rings. The Hall–Kier alpha value is -1.26. The highest BCUT2D eigenvalue weighted by atomic mass is 35.5. The molecule has 6 heteroatoms. The zero-order valence-corrected chi connectivity index (χ0v) is 12.4. The van der Waals surface area contributed by atoms with E-state index < -0.39 is 0 Å². The standard InChI is InChI=1S/C13H15Cl2N3O/c1-3-18-12(13(15)9(2)17-18)8-19-11-5-4-10(6-14)16-7-11/h4-5,7H,3,6,8H2,1-2H3. The third kappa shape index (κ3) is 3.19. The van der Waals surface area contributed by atoms with Gasteiger partial charge in [0.1, 0.15) is 12.4 Å². The van der Waals surface area contributed by atoms with E-state index in [-0.39, 0.29) is 0 Å². The van der Waals surface area contributed by atoms with E-state index in [1.54, 1.807) is 6.20 Å². The molecule has 102 valence electrons. The maximum absolute atomic E-state index is 6.21. The molecule has 0 N–H and O–H groups in total. The van der Waals surface area contributed by atoms with E-state index in [0.717, 1.165) is 23.6 Å². The smallest absolute Gasteiger partial charge is 0.138 e. The Kier molecular flexibility index (Phi) is 4.66. The number of hydrogen-bond acceptors (Lipinski definition) is 3. The average Bonchev–Trinajstić information content (AvgIpc) is 2.72. The Labute approximate surface area is 122 Å². The molecule has 19 heavy (non-hydrogen) atoms. The monoisotopic (exact) mass is 299 g/mol. The van der Waals surface area contributed by atoms with Gasteiger partial charge < -0.3 is 4.74 Å². The van der Waals surface area contributed by atoms with Crippen molar-refractivity contribution in [3.8, 4) is 5.75 Å². The highest BCUT2D eigenvalue weighted by Crippen LogP contribution is 2.22. The summed E-state index contributed by atoms with van der Waals surface area (Å²) in [6.45, 7) is 5.03. The Morgan fingerprint density at radius 2 is 2.16 bits per heavy atom. The third-order valence-corrected chi connectivity index (χ3v) is 3.53. The van der Waals surface area contributed by atoms with E-state index in [1.165, 1.54) is 0 Å². The van der Waals surface area contributed by atoms with Gasteiger partial charge in [-0.25, -0.2) is 0 Å². The van der Waals surface area contributed by atoms with Gasteiger partial charge in [0.2, 0.25) is 0 Å². The molecule has 2 rings (SSSR count). The van der Waals surface area contributed by atoms with Gasteiger partial charge in [0.15, 0.2) is 0 Å². The molecule has 2 aromatic heterocycles. The van der Waals surface area contributed by atoms with Crippen LogP contribution in [0.1, 0.15) is 24.0 Å². The molecule has 2 heterocycles. The Balaban J connectivity index is 2.09. The summed E-state index contributed by atoms with van der Waals surface area (Å²) in [4.78, 5) is 4.17. The lowest BCUT2D eigenvalue weighted by atomic mass is 10.3. The molecule has 0 spiro atoms. The predicted molar refractivity (Wildman–Crippen MR) is 75.8 cm³/mol. The quantitative estimate of drug-likeness (QED) is 0.792. The molecule has 0 bridgehead atoms. The van der Waals surface area contributed by atoms with Gasteiger partial charge in [0, 0.05) is 6.54 Å². The molecule has 0 fully saturated rings. The molecular formula is C13H15Cl2N3O. The van der Waals surface area contributed by atoms with Crippen molar-refractivity contribution in [2.75, 3.05) is 0 Å². The summed E-state index contributed by atoms with van der Waals surface area (Å²) in [5.41, 5.74) is 2.52. The van der Waals surface area contributed by atoms with Crippen LogP contribution in [0.2, 0.25) is 5.02 Å². The molecule has 4 nitrogen and oxygen atoms in total. The van der Waals surface area contributed by atoms with Crippen LogP contribution < -0.4 is 4.74 Å². The Bertz CT molecular complexity index is 552. The zero-order chi connectivity index (χ0) is 13.8. The summed E-state index contributed by atoms with van der Waals surface area (Å²) in [6, 6.07) is 3.68. The second-order valence-corrected chi connectivity index (χ2v) is 4.71. The minimum Gasteiger partial charge on any atom is -0.486 e. The summed E-state index contributed by atoms with van der Waals surface area (Å²) in [7, 11) is 0. The van der Waals surface area contributed by atoms with E-state index >= 15 is 0 Å².